The zero-order chi connectivity index (χ0) is 21.4. The highest BCUT2D eigenvalue weighted by Gasteiger charge is 2.32. The standard InChI is InChI=1S/C21H17ClF3NO3/c1-2-3-5-10-18(27)29-19(14-8-6-4-7-9-14)20(28)26-17-13-15(21(23,24)25)11-12-16(17)22/h2-13,19H,1H3,(H,26,28)/b3-2+,10-5+. The molecule has 0 saturated heterocycles. The van der Waals surface area contributed by atoms with Gasteiger partial charge in [-0.05, 0) is 25.1 Å². The molecule has 0 saturated carbocycles. The lowest BCUT2D eigenvalue weighted by Crippen LogP contribution is -2.25. The molecule has 0 aliphatic heterocycles. The van der Waals surface area contributed by atoms with E-state index < -0.39 is 29.7 Å². The number of allylic oxidation sites excluding steroid dienone is 3. The molecule has 4 nitrogen and oxygen atoms in total. The Bertz CT molecular complexity index is 925. The first-order valence-electron chi connectivity index (χ1n) is 8.45. The monoisotopic (exact) mass is 423 g/mol. The Balaban J connectivity index is 2.30. The molecule has 152 valence electrons. The van der Waals surface area contributed by atoms with Gasteiger partial charge in [-0.1, -0.05) is 60.2 Å². The van der Waals surface area contributed by atoms with E-state index in [0.717, 1.165) is 24.3 Å². The number of benzene rings is 2. The zero-order valence-corrected chi connectivity index (χ0v) is 16.0. The highest BCUT2D eigenvalue weighted by atomic mass is 35.5. The first-order valence-corrected chi connectivity index (χ1v) is 8.82. The summed E-state index contributed by atoms with van der Waals surface area (Å²) in [6.07, 6.45) is -0.133. The maximum Gasteiger partial charge on any atom is 0.416 e. The van der Waals surface area contributed by atoms with Crippen LogP contribution in [0, 0.1) is 0 Å². The average molecular weight is 424 g/mol. The summed E-state index contributed by atoms with van der Waals surface area (Å²) in [6.45, 7) is 1.76. The van der Waals surface area contributed by atoms with E-state index in [1.807, 2.05) is 0 Å². The summed E-state index contributed by atoms with van der Waals surface area (Å²) in [5.41, 5.74) is -0.867. The summed E-state index contributed by atoms with van der Waals surface area (Å²) in [4.78, 5) is 24.7. The fraction of sp³-hybridized carbons (Fsp3) is 0.143. The van der Waals surface area contributed by atoms with Gasteiger partial charge in [-0.25, -0.2) is 4.79 Å². The van der Waals surface area contributed by atoms with Gasteiger partial charge in [0.05, 0.1) is 16.3 Å². The van der Waals surface area contributed by atoms with Crippen molar-refractivity contribution in [1.29, 1.82) is 0 Å². The van der Waals surface area contributed by atoms with Gasteiger partial charge in [0.25, 0.3) is 5.91 Å². The van der Waals surface area contributed by atoms with Crippen molar-refractivity contribution in [3.05, 3.63) is 89.0 Å². The van der Waals surface area contributed by atoms with Gasteiger partial charge < -0.3 is 10.1 Å². The average Bonchev–Trinajstić information content (AvgIpc) is 2.67. The van der Waals surface area contributed by atoms with Gasteiger partial charge in [0.15, 0.2) is 0 Å². The Hall–Kier alpha value is -3.06. The number of ether oxygens (including phenoxy) is 1. The molecular formula is C21H17ClF3NO3. The largest absolute Gasteiger partial charge is 0.444 e. The fourth-order valence-electron chi connectivity index (χ4n) is 2.30. The maximum absolute atomic E-state index is 12.9. The Labute approximate surface area is 170 Å². The Morgan fingerprint density at radius 2 is 1.79 bits per heavy atom. The zero-order valence-electron chi connectivity index (χ0n) is 15.2. The normalized spacial score (nSPS) is 12.9. The van der Waals surface area contributed by atoms with Crippen LogP contribution in [0.15, 0.2) is 72.8 Å². The topological polar surface area (TPSA) is 55.4 Å². The lowest BCUT2D eigenvalue weighted by Gasteiger charge is -2.18. The van der Waals surface area contributed by atoms with E-state index in [4.69, 9.17) is 16.3 Å². The minimum absolute atomic E-state index is 0.0857. The van der Waals surface area contributed by atoms with Crippen molar-refractivity contribution < 1.29 is 27.5 Å². The van der Waals surface area contributed by atoms with Crippen molar-refractivity contribution >= 4 is 29.2 Å². The molecule has 8 heteroatoms. The molecule has 2 aromatic carbocycles. The van der Waals surface area contributed by atoms with Crippen molar-refractivity contribution in [2.75, 3.05) is 5.32 Å². The maximum atomic E-state index is 12.9. The molecule has 29 heavy (non-hydrogen) atoms. The first kappa shape index (κ1) is 22.2. The molecule has 2 rings (SSSR count). The van der Waals surface area contributed by atoms with E-state index >= 15 is 0 Å². The molecule has 0 spiro atoms. The number of nitrogens with one attached hydrogen (secondary N) is 1. The first-order chi connectivity index (χ1) is 13.7. The number of amides is 1. The Kier molecular flexibility index (Phi) is 7.61. The van der Waals surface area contributed by atoms with E-state index in [2.05, 4.69) is 5.32 Å². The smallest absolute Gasteiger partial charge is 0.416 e. The molecule has 1 amide bonds. The number of anilines is 1. The van der Waals surface area contributed by atoms with Gasteiger partial charge in [0.1, 0.15) is 0 Å². The predicted molar refractivity (Wildman–Crippen MR) is 104 cm³/mol. The van der Waals surface area contributed by atoms with Gasteiger partial charge in [-0.2, -0.15) is 13.2 Å². The van der Waals surface area contributed by atoms with Crippen molar-refractivity contribution in [1.82, 2.24) is 0 Å². The molecule has 0 aliphatic carbocycles. The fourth-order valence-corrected chi connectivity index (χ4v) is 2.46. The van der Waals surface area contributed by atoms with Crippen molar-refractivity contribution in [2.24, 2.45) is 0 Å². The summed E-state index contributed by atoms with van der Waals surface area (Å²) in [5, 5.41) is 2.22. The quantitative estimate of drug-likeness (QED) is 0.367. The highest BCUT2D eigenvalue weighted by Crippen LogP contribution is 2.34. The molecule has 2 aromatic rings. The van der Waals surface area contributed by atoms with Crippen LogP contribution in [0.2, 0.25) is 5.02 Å². The SMILES string of the molecule is C/C=C/C=C/C(=O)OC(C(=O)Nc1cc(C(F)(F)F)ccc1Cl)c1ccccc1. The number of hydrogen-bond donors (Lipinski definition) is 1. The van der Waals surface area contributed by atoms with Crippen LogP contribution in [0.1, 0.15) is 24.2 Å². The third-order valence-corrected chi connectivity index (χ3v) is 3.99. The van der Waals surface area contributed by atoms with Crippen LogP contribution in [0.5, 0.6) is 0 Å². The number of carbonyl (C=O) groups is 2. The minimum atomic E-state index is -4.60. The predicted octanol–water partition coefficient (Wildman–Crippen LogP) is 5.71. The second-order valence-corrected chi connectivity index (χ2v) is 6.20. The molecule has 1 unspecified atom stereocenters. The second kappa shape index (κ2) is 9.93. The lowest BCUT2D eigenvalue weighted by molar-refractivity contribution is -0.149. The summed E-state index contributed by atoms with van der Waals surface area (Å²) in [5.74, 6) is -1.63. The van der Waals surface area contributed by atoms with Crippen molar-refractivity contribution in [3.8, 4) is 0 Å². The van der Waals surface area contributed by atoms with Crippen LogP contribution in [-0.4, -0.2) is 11.9 Å². The number of alkyl halides is 3. The van der Waals surface area contributed by atoms with Gasteiger partial charge in [-0.15, -0.1) is 0 Å². The summed E-state index contributed by atoms with van der Waals surface area (Å²) >= 11 is 5.92. The Morgan fingerprint density at radius 1 is 1.10 bits per heavy atom. The van der Waals surface area contributed by atoms with E-state index in [1.54, 1.807) is 49.4 Å². The molecule has 0 aromatic heterocycles. The van der Waals surface area contributed by atoms with Gasteiger partial charge >= 0.3 is 12.1 Å². The van der Waals surface area contributed by atoms with E-state index in [1.165, 1.54) is 6.08 Å². The molecule has 0 bridgehead atoms. The number of hydrogen-bond acceptors (Lipinski definition) is 3. The van der Waals surface area contributed by atoms with Crippen LogP contribution < -0.4 is 5.32 Å². The Morgan fingerprint density at radius 3 is 2.41 bits per heavy atom. The van der Waals surface area contributed by atoms with Crippen molar-refractivity contribution in [3.63, 3.8) is 0 Å². The van der Waals surface area contributed by atoms with Crippen molar-refractivity contribution in [2.45, 2.75) is 19.2 Å². The van der Waals surface area contributed by atoms with E-state index in [-0.39, 0.29) is 10.7 Å². The van der Waals surface area contributed by atoms with Crippen LogP contribution in [0.4, 0.5) is 18.9 Å². The molecule has 0 aliphatic rings. The molecule has 0 fully saturated rings. The summed E-state index contributed by atoms with van der Waals surface area (Å²) < 4.78 is 44.0. The van der Waals surface area contributed by atoms with Crippen LogP contribution in [0.25, 0.3) is 0 Å². The third-order valence-electron chi connectivity index (χ3n) is 3.66. The molecule has 0 heterocycles. The number of halogens is 4. The number of esters is 1. The van der Waals surface area contributed by atoms with Gasteiger partial charge in [-0.3, -0.25) is 4.79 Å². The van der Waals surface area contributed by atoms with Crippen LogP contribution >= 0.6 is 11.6 Å². The van der Waals surface area contributed by atoms with E-state index in [0.29, 0.717) is 5.56 Å². The van der Waals surface area contributed by atoms with Gasteiger partial charge in [0.2, 0.25) is 6.10 Å². The third kappa shape index (κ3) is 6.50. The molecule has 0 radical (unpaired) electrons. The molecule has 1 N–H and O–H groups in total. The lowest BCUT2D eigenvalue weighted by atomic mass is 10.1. The van der Waals surface area contributed by atoms with Gasteiger partial charge in [0, 0.05) is 11.6 Å². The summed E-state index contributed by atoms with van der Waals surface area (Å²) in [6, 6.07) is 10.6. The minimum Gasteiger partial charge on any atom is -0.444 e. The second-order valence-electron chi connectivity index (χ2n) is 5.79. The highest BCUT2D eigenvalue weighted by molar-refractivity contribution is 6.33. The summed E-state index contributed by atoms with van der Waals surface area (Å²) in [7, 11) is 0. The van der Waals surface area contributed by atoms with Crippen LogP contribution in [0.3, 0.4) is 0 Å². The molecular weight excluding hydrogens is 407 g/mol. The number of carbonyl (C=O) groups excluding carboxylic acids is 2. The number of rotatable bonds is 6. The molecule has 1 atom stereocenters. The van der Waals surface area contributed by atoms with E-state index in [9.17, 15) is 22.8 Å². The van der Waals surface area contributed by atoms with Crippen LogP contribution in [-0.2, 0) is 20.5 Å².